The number of likely N-dealkylation sites (N-methyl/N-ethyl adjacent to an activating group) is 1. The number of phenolic OH excluding ortho intramolecular Hbond substituents is 1. The van der Waals surface area contributed by atoms with Crippen LogP contribution in [0.2, 0.25) is 0 Å². The van der Waals surface area contributed by atoms with Gasteiger partial charge in [-0.3, -0.25) is 0 Å². The molecule has 0 amide bonds. The van der Waals surface area contributed by atoms with Gasteiger partial charge < -0.3 is 10.4 Å². The molecule has 0 saturated carbocycles. The molecule has 0 spiro atoms. The van der Waals surface area contributed by atoms with Gasteiger partial charge in [-0.15, -0.1) is 0 Å². The van der Waals surface area contributed by atoms with Gasteiger partial charge in [-0.05, 0) is 48.9 Å². The third-order valence-electron chi connectivity index (χ3n) is 3.13. The SMILES string of the molecule is CNC(Cc1ccc(O)cc1)c1cc(F)c(F)c(F)c1. The molecule has 1 atom stereocenters. The molecule has 2 aromatic rings. The molecular formula is C15H14F3NO. The summed E-state index contributed by atoms with van der Waals surface area (Å²) in [6, 6.07) is 8.12. The molecule has 0 heterocycles. The average molecular weight is 281 g/mol. The minimum Gasteiger partial charge on any atom is -0.508 e. The Kier molecular flexibility index (Phi) is 4.29. The summed E-state index contributed by atoms with van der Waals surface area (Å²) in [5.74, 6) is -3.72. The molecular weight excluding hydrogens is 267 g/mol. The van der Waals surface area contributed by atoms with Crippen molar-refractivity contribution in [2.45, 2.75) is 12.5 Å². The second-order valence-corrected chi connectivity index (χ2v) is 4.51. The van der Waals surface area contributed by atoms with Crippen LogP contribution in [0.15, 0.2) is 36.4 Å². The van der Waals surface area contributed by atoms with Crippen LogP contribution >= 0.6 is 0 Å². The first-order valence-corrected chi connectivity index (χ1v) is 6.11. The number of phenols is 1. The van der Waals surface area contributed by atoms with Crippen molar-refractivity contribution in [3.63, 3.8) is 0 Å². The van der Waals surface area contributed by atoms with Gasteiger partial charge in [-0.1, -0.05) is 12.1 Å². The van der Waals surface area contributed by atoms with Gasteiger partial charge >= 0.3 is 0 Å². The number of rotatable bonds is 4. The number of hydrogen-bond acceptors (Lipinski definition) is 2. The largest absolute Gasteiger partial charge is 0.508 e. The van der Waals surface area contributed by atoms with Crippen LogP contribution in [0, 0.1) is 17.5 Å². The summed E-state index contributed by atoms with van der Waals surface area (Å²) in [5.41, 5.74) is 1.21. The van der Waals surface area contributed by atoms with Crippen molar-refractivity contribution in [2.24, 2.45) is 0 Å². The second-order valence-electron chi connectivity index (χ2n) is 4.51. The summed E-state index contributed by atoms with van der Waals surface area (Å²) in [5, 5.41) is 12.1. The van der Waals surface area contributed by atoms with Gasteiger partial charge in [0, 0.05) is 6.04 Å². The van der Waals surface area contributed by atoms with E-state index in [0.717, 1.165) is 17.7 Å². The van der Waals surface area contributed by atoms with Crippen LogP contribution in [0.4, 0.5) is 13.2 Å². The van der Waals surface area contributed by atoms with Crippen molar-refractivity contribution in [2.75, 3.05) is 7.05 Å². The normalized spacial score (nSPS) is 12.4. The van der Waals surface area contributed by atoms with Gasteiger partial charge in [-0.2, -0.15) is 0 Å². The third kappa shape index (κ3) is 3.11. The van der Waals surface area contributed by atoms with E-state index in [1.165, 1.54) is 12.1 Å². The lowest BCUT2D eigenvalue weighted by Crippen LogP contribution is -2.19. The van der Waals surface area contributed by atoms with Crippen molar-refractivity contribution in [3.05, 3.63) is 65.0 Å². The van der Waals surface area contributed by atoms with Crippen LogP contribution in [0.25, 0.3) is 0 Å². The zero-order chi connectivity index (χ0) is 14.7. The summed E-state index contributed by atoms with van der Waals surface area (Å²) >= 11 is 0. The summed E-state index contributed by atoms with van der Waals surface area (Å²) in [6.45, 7) is 0. The van der Waals surface area contributed by atoms with Crippen LogP contribution in [0.3, 0.4) is 0 Å². The highest BCUT2D eigenvalue weighted by Gasteiger charge is 2.16. The third-order valence-corrected chi connectivity index (χ3v) is 3.13. The summed E-state index contributed by atoms with van der Waals surface area (Å²) < 4.78 is 39.5. The van der Waals surface area contributed by atoms with E-state index in [-0.39, 0.29) is 11.8 Å². The number of aromatic hydroxyl groups is 1. The first-order valence-electron chi connectivity index (χ1n) is 6.11. The maximum atomic E-state index is 13.3. The van der Waals surface area contributed by atoms with Crippen LogP contribution in [0.5, 0.6) is 5.75 Å². The Morgan fingerprint density at radius 3 is 2.10 bits per heavy atom. The minimum absolute atomic E-state index is 0.147. The fourth-order valence-electron chi connectivity index (χ4n) is 2.03. The Morgan fingerprint density at radius 2 is 1.60 bits per heavy atom. The summed E-state index contributed by atoms with van der Waals surface area (Å²) in [4.78, 5) is 0. The first-order chi connectivity index (χ1) is 9.51. The molecule has 0 aliphatic heterocycles. The molecule has 0 aliphatic carbocycles. The van der Waals surface area contributed by atoms with Gasteiger partial charge in [0.25, 0.3) is 0 Å². The Labute approximate surface area is 114 Å². The fourth-order valence-corrected chi connectivity index (χ4v) is 2.03. The van der Waals surface area contributed by atoms with E-state index in [1.54, 1.807) is 19.2 Å². The molecule has 2 N–H and O–H groups in total. The smallest absolute Gasteiger partial charge is 0.194 e. The second kappa shape index (κ2) is 5.96. The van der Waals surface area contributed by atoms with E-state index in [1.807, 2.05) is 0 Å². The van der Waals surface area contributed by atoms with Crippen LogP contribution in [-0.2, 0) is 6.42 Å². The predicted molar refractivity (Wildman–Crippen MR) is 69.9 cm³/mol. The molecule has 2 nitrogen and oxygen atoms in total. The van der Waals surface area contributed by atoms with E-state index < -0.39 is 17.5 Å². The quantitative estimate of drug-likeness (QED) is 0.843. The van der Waals surface area contributed by atoms with Crippen LogP contribution in [0.1, 0.15) is 17.2 Å². The maximum Gasteiger partial charge on any atom is 0.194 e. The highest BCUT2D eigenvalue weighted by atomic mass is 19.2. The average Bonchev–Trinajstić information content (AvgIpc) is 2.43. The molecule has 0 aromatic heterocycles. The van der Waals surface area contributed by atoms with Crippen molar-refractivity contribution >= 4 is 0 Å². The summed E-state index contributed by atoms with van der Waals surface area (Å²) in [6.07, 6.45) is 0.460. The lowest BCUT2D eigenvalue weighted by atomic mass is 9.98. The fraction of sp³-hybridized carbons (Fsp3) is 0.200. The number of benzene rings is 2. The summed E-state index contributed by atoms with van der Waals surface area (Å²) in [7, 11) is 1.66. The standard InChI is InChI=1S/C15H14F3NO/c1-19-14(6-9-2-4-11(20)5-3-9)10-7-12(16)15(18)13(17)8-10/h2-5,7-8,14,19-20H,6H2,1H3. The van der Waals surface area contributed by atoms with Gasteiger partial charge in [0.15, 0.2) is 17.5 Å². The van der Waals surface area contributed by atoms with Crippen LogP contribution < -0.4 is 5.32 Å². The Hall–Kier alpha value is -2.01. The van der Waals surface area contributed by atoms with Gasteiger partial charge in [0.2, 0.25) is 0 Å². The van der Waals surface area contributed by atoms with E-state index >= 15 is 0 Å². The minimum atomic E-state index is -1.46. The lowest BCUT2D eigenvalue weighted by Gasteiger charge is -2.17. The Balaban J connectivity index is 2.26. The molecule has 2 aromatic carbocycles. The van der Waals surface area contributed by atoms with E-state index in [4.69, 9.17) is 0 Å². The first kappa shape index (κ1) is 14.4. The number of nitrogens with one attached hydrogen (secondary N) is 1. The predicted octanol–water partition coefficient (Wildman–Crippen LogP) is 3.31. The lowest BCUT2D eigenvalue weighted by molar-refractivity contribution is 0.441. The van der Waals surface area contributed by atoms with Gasteiger partial charge in [-0.25, -0.2) is 13.2 Å². The molecule has 0 bridgehead atoms. The van der Waals surface area contributed by atoms with Crippen molar-refractivity contribution in [1.82, 2.24) is 5.32 Å². The van der Waals surface area contributed by atoms with E-state index in [2.05, 4.69) is 5.32 Å². The number of hydrogen-bond donors (Lipinski definition) is 2. The molecule has 2 rings (SSSR count). The number of halogens is 3. The zero-order valence-corrected chi connectivity index (χ0v) is 10.8. The Morgan fingerprint density at radius 1 is 1.05 bits per heavy atom. The molecule has 0 radical (unpaired) electrons. The topological polar surface area (TPSA) is 32.3 Å². The van der Waals surface area contributed by atoms with E-state index in [0.29, 0.717) is 12.0 Å². The molecule has 106 valence electrons. The molecule has 0 aliphatic rings. The van der Waals surface area contributed by atoms with Gasteiger partial charge in [0.1, 0.15) is 5.75 Å². The van der Waals surface area contributed by atoms with Gasteiger partial charge in [0.05, 0.1) is 0 Å². The van der Waals surface area contributed by atoms with Crippen molar-refractivity contribution in [1.29, 1.82) is 0 Å². The highest BCUT2D eigenvalue weighted by Crippen LogP contribution is 2.23. The monoisotopic (exact) mass is 281 g/mol. The van der Waals surface area contributed by atoms with Crippen molar-refractivity contribution in [3.8, 4) is 5.75 Å². The maximum absolute atomic E-state index is 13.3. The zero-order valence-electron chi connectivity index (χ0n) is 10.8. The van der Waals surface area contributed by atoms with Crippen molar-refractivity contribution < 1.29 is 18.3 Å². The molecule has 20 heavy (non-hydrogen) atoms. The molecule has 0 saturated heterocycles. The molecule has 0 fully saturated rings. The Bertz CT molecular complexity index is 576. The van der Waals surface area contributed by atoms with E-state index in [9.17, 15) is 18.3 Å². The molecule has 5 heteroatoms. The van der Waals surface area contributed by atoms with Crippen LogP contribution in [-0.4, -0.2) is 12.2 Å². The highest BCUT2D eigenvalue weighted by molar-refractivity contribution is 5.29. The molecule has 1 unspecified atom stereocenters.